The number of fused-ring (bicyclic) bond motifs is 1. The number of amides is 1. The van der Waals surface area contributed by atoms with Gasteiger partial charge in [-0.2, -0.15) is 0 Å². The molecule has 0 aliphatic carbocycles. The lowest BCUT2D eigenvalue weighted by molar-refractivity contribution is -0.133. The second-order valence-electron chi connectivity index (χ2n) is 7.82. The normalized spacial score (nSPS) is 16.3. The molecule has 0 spiro atoms. The fourth-order valence-electron chi connectivity index (χ4n) is 3.99. The van der Waals surface area contributed by atoms with Crippen LogP contribution in [0.15, 0.2) is 18.7 Å². The molecule has 0 bridgehead atoms. The van der Waals surface area contributed by atoms with Gasteiger partial charge < -0.3 is 14.7 Å². The molecule has 1 amide bonds. The summed E-state index contributed by atoms with van der Waals surface area (Å²) in [6.45, 7) is 7.31. The molecule has 4 rings (SSSR count). The Bertz CT molecular complexity index is 861. The number of pyridine rings is 1. The van der Waals surface area contributed by atoms with E-state index >= 15 is 0 Å². The summed E-state index contributed by atoms with van der Waals surface area (Å²) in [5, 5.41) is 0. The van der Waals surface area contributed by atoms with Gasteiger partial charge in [-0.1, -0.05) is 0 Å². The topological polar surface area (TPSA) is 65.5 Å². The predicted octanol–water partition coefficient (Wildman–Crippen LogP) is 1.92. The summed E-state index contributed by atoms with van der Waals surface area (Å²) < 4.78 is 0. The van der Waals surface area contributed by atoms with Crippen molar-refractivity contribution in [3.8, 4) is 0 Å². The summed E-state index contributed by atoms with van der Waals surface area (Å²) in [5.74, 6) is 1.62. The van der Waals surface area contributed by atoms with Crippen molar-refractivity contribution in [2.45, 2.75) is 33.4 Å². The van der Waals surface area contributed by atoms with Crippen molar-refractivity contribution in [1.82, 2.24) is 19.9 Å². The molecule has 0 saturated carbocycles. The van der Waals surface area contributed by atoms with Gasteiger partial charge in [0.1, 0.15) is 12.1 Å². The lowest BCUT2D eigenvalue weighted by atomic mass is 9.95. The molecular formula is C20H26N6O. The summed E-state index contributed by atoms with van der Waals surface area (Å²) in [7, 11) is 4.02. The molecule has 0 unspecified atom stereocenters. The minimum atomic E-state index is 0.238. The van der Waals surface area contributed by atoms with Crippen molar-refractivity contribution in [1.29, 1.82) is 0 Å². The molecule has 1 fully saturated rings. The molecule has 2 aromatic heterocycles. The third-order valence-corrected chi connectivity index (χ3v) is 5.71. The number of aromatic nitrogens is 3. The Hall–Kier alpha value is -2.70. The van der Waals surface area contributed by atoms with E-state index in [1.165, 1.54) is 23.0 Å². The number of anilines is 2. The average Bonchev–Trinajstić information content (AvgIpc) is 3.07. The molecule has 2 aliphatic rings. The van der Waals surface area contributed by atoms with Crippen LogP contribution in [0.5, 0.6) is 0 Å². The van der Waals surface area contributed by atoms with Gasteiger partial charge in [-0.25, -0.2) is 15.0 Å². The van der Waals surface area contributed by atoms with Gasteiger partial charge in [-0.05, 0) is 25.0 Å². The second kappa shape index (κ2) is 6.79. The van der Waals surface area contributed by atoms with Gasteiger partial charge in [-0.3, -0.25) is 4.79 Å². The summed E-state index contributed by atoms with van der Waals surface area (Å²) in [4.78, 5) is 32.0. The van der Waals surface area contributed by atoms with Crippen molar-refractivity contribution in [2.75, 3.05) is 37.0 Å². The SMILES string of the molecule is Cc1nc(N(C)C)c2c(c1C)CN(C(=O)CC1CN(c3cncnc3)C1)C2. The van der Waals surface area contributed by atoms with Crippen LogP contribution in [-0.2, 0) is 17.9 Å². The number of aryl methyl sites for hydroxylation is 1. The standard InChI is InChI=1S/C20H26N6O/c1-13-14(2)23-20(24(3)4)18-11-26(10-17(13)18)19(27)5-15-8-25(9-15)16-6-21-12-22-7-16/h6-7,12,15H,5,8-11H2,1-4H3. The first kappa shape index (κ1) is 17.7. The molecule has 0 radical (unpaired) electrons. The highest BCUT2D eigenvalue weighted by Crippen LogP contribution is 2.34. The fourth-order valence-corrected chi connectivity index (χ4v) is 3.99. The highest BCUT2D eigenvalue weighted by atomic mass is 16.2. The van der Waals surface area contributed by atoms with Gasteiger partial charge in [-0.15, -0.1) is 0 Å². The molecule has 27 heavy (non-hydrogen) atoms. The monoisotopic (exact) mass is 366 g/mol. The van der Waals surface area contributed by atoms with Gasteiger partial charge in [0, 0.05) is 63.9 Å². The Morgan fingerprint density at radius 1 is 1.15 bits per heavy atom. The van der Waals surface area contributed by atoms with Crippen LogP contribution < -0.4 is 9.80 Å². The van der Waals surface area contributed by atoms with Crippen LogP contribution in [0.3, 0.4) is 0 Å². The van der Waals surface area contributed by atoms with E-state index in [4.69, 9.17) is 4.98 Å². The molecule has 2 aliphatic heterocycles. The molecule has 142 valence electrons. The molecule has 7 heteroatoms. The summed E-state index contributed by atoms with van der Waals surface area (Å²) in [6.07, 6.45) is 5.78. The van der Waals surface area contributed by atoms with Crippen molar-refractivity contribution in [2.24, 2.45) is 5.92 Å². The first-order chi connectivity index (χ1) is 12.9. The third-order valence-electron chi connectivity index (χ3n) is 5.71. The molecule has 0 atom stereocenters. The van der Waals surface area contributed by atoms with Gasteiger partial charge in [0.05, 0.1) is 18.1 Å². The van der Waals surface area contributed by atoms with E-state index in [2.05, 4.69) is 21.8 Å². The number of carbonyl (C=O) groups excluding carboxylic acids is 1. The van der Waals surface area contributed by atoms with Gasteiger partial charge in [0.15, 0.2) is 0 Å². The maximum atomic E-state index is 12.9. The van der Waals surface area contributed by atoms with E-state index in [0.29, 0.717) is 25.4 Å². The van der Waals surface area contributed by atoms with Gasteiger partial charge in [0.25, 0.3) is 0 Å². The Kier molecular flexibility index (Phi) is 4.45. The van der Waals surface area contributed by atoms with E-state index in [9.17, 15) is 4.79 Å². The van der Waals surface area contributed by atoms with E-state index < -0.39 is 0 Å². The van der Waals surface area contributed by atoms with Crippen molar-refractivity contribution >= 4 is 17.4 Å². The van der Waals surface area contributed by atoms with E-state index in [-0.39, 0.29) is 5.91 Å². The quantitative estimate of drug-likeness (QED) is 0.824. The Morgan fingerprint density at radius 2 is 1.81 bits per heavy atom. The molecule has 0 aromatic carbocycles. The maximum absolute atomic E-state index is 12.9. The number of hydrogen-bond acceptors (Lipinski definition) is 6. The van der Waals surface area contributed by atoms with Crippen LogP contribution in [0.2, 0.25) is 0 Å². The minimum Gasteiger partial charge on any atom is -0.368 e. The smallest absolute Gasteiger partial charge is 0.223 e. The molecule has 0 N–H and O–H groups in total. The number of rotatable bonds is 4. The number of hydrogen-bond donors (Lipinski definition) is 0. The Balaban J connectivity index is 1.40. The van der Waals surface area contributed by atoms with Crippen LogP contribution in [0.1, 0.15) is 28.8 Å². The van der Waals surface area contributed by atoms with Crippen LogP contribution in [0, 0.1) is 19.8 Å². The lowest BCUT2D eigenvalue weighted by Gasteiger charge is -2.40. The van der Waals surface area contributed by atoms with Crippen LogP contribution in [0.25, 0.3) is 0 Å². The zero-order chi connectivity index (χ0) is 19.1. The summed E-state index contributed by atoms with van der Waals surface area (Å²) >= 11 is 0. The highest BCUT2D eigenvalue weighted by Gasteiger charge is 2.34. The molecule has 7 nitrogen and oxygen atoms in total. The number of nitrogens with zero attached hydrogens (tertiary/aromatic N) is 6. The third kappa shape index (κ3) is 3.22. The maximum Gasteiger partial charge on any atom is 0.223 e. The minimum absolute atomic E-state index is 0.238. The van der Waals surface area contributed by atoms with Crippen molar-refractivity contribution in [3.05, 3.63) is 41.1 Å². The van der Waals surface area contributed by atoms with Crippen molar-refractivity contribution in [3.63, 3.8) is 0 Å². The molecular weight excluding hydrogens is 340 g/mol. The van der Waals surface area contributed by atoms with Crippen LogP contribution in [-0.4, -0.2) is 52.9 Å². The molecule has 4 heterocycles. The van der Waals surface area contributed by atoms with Crippen LogP contribution >= 0.6 is 0 Å². The Morgan fingerprint density at radius 3 is 2.48 bits per heavy atom. The average molecular weight is 366 g/mol. The lowest BCUT2D eigenvalue weighted by Crippen LogP contribution is -2.48. The van der Waals surface area contributed by atoms with E-state index in [1.54, 1.807) is 0 Å². The van der Waals surface area contributed by atoms with Gasteiger partial charge >= 0.3 is 0 Å². The van der Waals surface area contributed by atoms with E-state index in [1.807, 2.05) is 43.2 Å². The van der Waals surface area contributed by atoms with E-state index in [0.717, 1.165) is 30.3 Å². The Labute approximate surface area is 160 Å². The predicted molar refractivity (Wildman–Crippen MR) is 105 cm³/mol. The zero-order valence-electron chi connectivity index (χ0n) is 16.4. The largest absolute Gasteiger partial charge is 0.368 e. The fraction of sp³-hybridized carbons (Fsp3) is 0.500. The number of carbonyl (C=O) groups is 1. The molecule has 2 aromatic rings. The highest BCUT2D eigenvalue weighted by molar-refractivity contribution is 5.78. The summed E-state index contributed by atoms with van der Waals surface area (Å²) in [5.41, 5.74) is 5.77. The zero-order valence-corrected chi connectivity index (χ0v) is 16.4. The summed E-state index contributed by atoms with van der Waals surface area (Å²) in [6, 6.07) is 0. The van der Waals surface area contributed by atoms with Crippen LogP contribution in [0.4, 0.5) is 11.5 Å². The first-order valence-electron chi connectivity index (χ1n) is 9.38. The van der Waals surface area contributed by atoms with Crippen molar-refractivity contribution < 1.29 is 4.79 Å². The first-order valence-corrected chi connectivity index (χ1v) is 9.38. The molecule has 1 saturated heterocycles. The van der Waals surface area contributed by atoms with Gasteiger partial charge in [0.2, 0.25) is 5.91 Å². The second-order valence-corrected chi connectivity index (χ2v) is 7.82.